The molecular formula is C18H16N2O2S. The van der Waals surface area contributed by atoms with Crippen LogP contribution < -0.4 is 10.6 Å². The molecule has 2 N–H and O–H groups in total. The van der Waals surface area contributed by atoms with Gasteiger partial charge in [-0.25, -0.2) is 0 Å². The summed E-state index contributed by atoms with van der Waals surface area (Å²) in [7, 11) is 0. The van der Waals surface area contributed by atoms with Crippen LogP contribution in [0, 0.1) is 20.8 Å². The molecule has 1 fully saturated rings. The first kappa shape index (κ1) is 15.4. The van der Waals surface area contributed by atoms with E-state index in [2.05, 4.69) is 36.6 Å². The van der Waals surface area contributed by atoms with Gasteiger partial charge in [0, 0.05) is 0 Å². The SMILES string of the molecule is Cc1cc(C)c2ccc(C=C3C(=O)NC(=S)NC3=O)c-2c(C)c1. The summed E-state index contributed by atoms with van der Waals surface area (Å²) in [5.74, 6) is -0.946. The second kappa shape index (κ2) is 5.59. The summed E-state index contributed by atoms with van der Waals surface area (Å²) in [5, 5.41) is 4.95. The third kappa shape index (κ3) is 2.75. The van der Waals surface area contributed by atoms with E-state index in [1.54, 1.807) is 6.08 Å². The summed E-state index contributed by atoms with van der Waals surface area (Å²) in [6.07, 6.45) is 1.62. The zero-order chi connectivity index (χ0) is 16.7. The van der Waals surface area contributed by atoms with Gasteiger partial charge in [0.1, 0.15) is 5.57 Å². The van der Waals surface area contributed by atoms with E-state index in [-0.39, 0.29) is 10.7 Å². The number of thiocarbonyl (C=S) groups is 1. The van der Waals surface area contributed by atoms with E-state index in [0.717, 1.165) is 27.8 Å². The van der Waals surface area contributed by atoms with Crippen molar-refractivity contribution in [3.05, 3.63) is 52.1 Å². The lowest BCUT2D eigenvalue weighted by Gasteiger charge is -2.16. The van der Waals surface area contributed by atoms with Crippen molar-refractivity contribution in [3.8, 4) is 11.1 Å². The fourth-order valence-corrected chi connectivity index (χ4v) is 3.21. The third-order valence-electron chi connectivity index (χ3n) is 3.94. The van der Waals surface area contributed by atoms with E-state index in [9.17, 15) is 9.59 Å². The van der Waals surface area contributed by atoms with Crippen LogP contribution in [-0.2, 0) is 9.59 Å². The molecule has 1 aliphatic heterocycles. The van der Waals surface area contributed by atoms with Gasteiger partial charge in [-0.05, 0) is 66.9 Å². The van der Waals surface area contributed by atoms with Crippen molar-refractivity contribution in [2.75, 3.05) is 0 Å². The summed E-state index contributed by atoms with van der Waals surface area (Å²) >= 11 is 4.81. The first-order valence-corrected chi connectivity index (χ1v) is 7.66. The average Bonchev–Trinajstić information content (AvgIpc) is 2.81. The maximum Gasteiger partial charge on any atom is 0.263 e. The highest BCUT2D eigenvalue weighted by Gasteiger charge is 2.26. The monoisotopic (exact) mass is 324 g/mol. The lowest BCUT2D eigenvalue weighted by atomic mass is 10.00. The van der Waals surface area contributed by atoms with E-state index < -0.39 is 11.8 Å². The predicted octanol–water partition coefficient (Wildman–Crippen LogP) is 2.63. The van der Waals surface area contributed by atoms with E-state index in [1.165, 1.54) is 5.56 Å². The molecule has 1 saturated heterocycles. The molecule has 116 valence electrons. The summed E-state index contributed by atoms with van der Waals surface area (Å²) in [5.41, 5.74) is 6.53. The first-order valence-electron chi connectivity index (χ1n) is 7.26. The second-order valence-corrected chi connectivity index (χ2v) is 6.18. The molecule has 0 atom stereocenters. The fourth-order valence-electron chi connectivity index (χ4n) is 3.02. The van der Waals surface area contributed by atoms with Crippen molar-refractivity contribution in [1.82, 2.24) is 10.6 Å². The first-order chi connectivity index (χ1) is 10.9. The lowest BCUT2D eigenvalue weighted by molar-refractivity contribution is -0.123. The maximum atomic E-state index is 12.0. The van der Waals surface area contributed by atoms with Crippen LogP contribution in [0.25, 0.3) is 17.2 Å². The predicted molar refractivity (Wildman–Crippen MR) is 94.1 cm³/mol. The van der Waals surface area contributed by atoms with Gasteiger partial charge in [-0.2, -0.15) is 0 Å². The Kier molecular flexibility index (Phi) is 3.74. The molecule has 0 bridgehead atoms. The molecule has 4 nitrogen and oxygen atoms in total. The van der Waals surface area contributed by atoms with Crippen LogP contribution in [-0.4, -0.2) is 16.9 Å². The largest absolute Gasteiger partial charge is 0.299 e. The molecule has 0 aromatic carbocycles. The van der Waals surface area contributed by atoms with Crippen molar-refractivity contribution < 1.29 is 9.59 Å². The van der Waals surface area contributed by atoms with Crippen molar-refractivity contribution in [3.63, 3.8) is 0 Å². The number of fused-ring (bicyclic) bond motifs is 1. The van der Waals surface area contributed by atoms with Gasteiger partial charge >= 0.3 is 0 Å². The number of nitrogens with one attached hydrogen (secondary N) is 2. The molecule has 0 saturated carbocycles. The van der Waals surface area contributed by atoms with Crippen LogP contribution in [0.1, 0.15) is 22.3 Å². The number of carbonyl (C=O) groups excluding carboxylic acids is 2. The third-order valence-corrected chi connectivity index (χ3v) is 4.14. The lowest BCUT2D eigenvalue weighted by Crippen LogP contribution is -2.51. The number of hydrogen-bond acceptors (Lipinski definition) is 3. The molecule has 0 spiro atoms. The smallest absolute Gasteiger partial charge is 0.263 e. The number of aryl methyl sites for hydroxylation is 3. The Morgan fingerprint density at radius 1 is 0.957 bits per heavy atom. The molecule has 0 radical (unpaired) electrons. The molecule has 0 unspecified atom stereocenters. The summed E-state index contributed by atoms with van der Waals surface area (Å²) in [4.78, 5) is 24.0. The summed E-state index contributed by atoms with van der Waals surface area (Å²) in [6, 6.07) is 8.19. The minimum Gasteiger partial charge on any atom is -0.299 e. The standard InChI is InChI=1S/C18H16N2O2S/c1-9-6-10(2)13-5-4-12(15(13)11(3)7-9)8-14-16(21)19-18(23)20-17(14)22/h4-8H,1-3H3,(H2,19,20,21,22,23). The quantitative estimate of drug-likeness (QED) is 0.482. The highest BCUT2D eigenvalue weighted by atomic mass is 32.1. The molecule has 2 amide bonds. The molecule has 0 aromatic heterocycles. The summed E-state index contributed by atoms with van der Waals surface area (Å²) < 4.78 is 0. The van der Waals surface area contributed by atoms with Crippen LogP contribution >= 0.6 is 12.2 Å². The minimum atomic E-state index is -0.473. The Bertz CT molecular complexity index is 846. The van der Waals surface area contributed by atoms with E-state index in [0.29, 0.717) is 0 Å². The van der Waals surface area contributed by atoms with Gasteiger partial charge in [0.05, 0.1) is 0 Å². The Morgan fingerprint density at radius 3 is 2.22 bits per heavy atom. The molecule has 0 aromatic rings. The van der Waals surface area contributed by atoms with Gasteiger partial charge in [0.15, 0.2) is 5.11 Å². The van der Waals surface area contributed by atoms with Gasteiger partial charge in [-0.1, -0.05) is 29.8 Å². The number of amides is 2. The van der Waals surface area contributed by atoms with Crippen LogP contribution in [0.5, 0.6) is 0 Å². The summed E-state index contributed by atoms with van der Waals surface area (Å²) in [6.45, 7) is 6.15. The van der Waals surface area contributed by atoms with Crippen LogP contribution in [0.4, 0.5) is 0 Å². The van der Waals surface area contributed by atoms with Gasteiger partial charge in [-0.3, -0.25) is 20.2 Å². The minimum absolute atomic E-state index is 0.0403. The van der Waals surface area contributed by atoms with E-state index >= 15 is 0 Å². The van der Waals surface area contributed by atoms with Gasteiger partial charge < -0.3 is 0 Å². The molecule has 3 aliphatic rings. The Balaban J connectivity index is 2.17. The number of hydrogen-bond donors (Lipinski definition) is 2. The van der Waals surface area contributed by atoms with Crippen LogP contribution in [0.2, 0.25) is 0 Å². The van der Waals surface area contributed by atoms with Gasteiger partial charge in [-0.15, -0.1) is 0 Å². The van der Waals surface area contributed by atoms with Gasteiger partial charge in [0.25, 0.3) is 11.8 Å². The van der Waals surface area contributed by atoms with Gasteiger partial charge in [0.2, 0.25) is 0 Å². The number of rotatable bonds is 1. The van der Waals surface area contributed by atoms with Crippen molar-refractivity contribution in [2.45, 2.75) is 20.8 Å². The molecule has 23 heavy (non-hydrogen) atoms. The van der Waals surface area contributed by atoms with E-state index in [4.69, 9.17) is 12.2 Å². The molecule has 3 rings (SSSR count). The Morgan fingerprint density at radius 2 is 1.57 bits per heavy atom. The zero-order valence-electron chi connectivity index (χ0n) is 13.1. The zero-order valence-corrected chi connectivity index (χ0v) is 13.9. The maximum absolute atomic E-state index is 12.0. The molecule has 5 heteroatoms. The highest BCUT2D eigenvalue weighted by molar-refractivity contribution is 7.80. The second-order valence-electron chi connectivity index (χ2n) is 5.77. The normalized spacial score (nSPS) is 14.7. The van der Waals surface area contributed by atoms with Crippen molar-refractivity contribution >= 4 is 35.2 Å². The molecule has 2 aliphatic carbocycles. The fraction of sp³-hybridized carbons (Fsp3) is 0.167. The van der Waals surface area contributed by atoms with Crippen molar-refractivity contribution in [1.29, 1.82) is 0 Å². The van der Waals surface area contributed by atoms with E-state index in [1.807, 2.05) is 19.1 Å². The van der Waals surface area contributed by atoms with Crippen molar-refractivity contribution in [2.24, 2.45) is 0 Å². The molecule has 1 heterocycles. The number of carbonyl (C=O) groups is 2. The Labute approximate surface area is 139 Å². The van der Waals surface area contributed by atoms with Crippen LogP contribution in [0.15, 0.2) is 29.8 Å². The topological polar surface area (TPSA) is 58.2 Å². The van der Waals surface area contributed by atoms with Crippen LogP contribution in [0.3, 0.4) is 0 Å². The molecular weight excluding hydrogens is 308 g/mol. The Hall–Kier alpha value is -2.53. The highest BCUT2D eigenvalue weighted by Crippen LogP contribution is 2.35. The average molecular weight is 324 g/mol.